The Morgan fingerprint density at radius 1 is 1.29 bits per heavy atom. The zero-order chi connectivity index (χ0) is 17.6. The molecule has 0 saturated carbocycles. The Morgan fingerprint density at radius 3 is 2.46 bits per heavy atom. The normalized spacial score (nSPS) is 24.5. The summed E-state index contributed by atoms with van der Waals surface area (Å²) in [6, 6.07) is 5.59. The van der Waals surface area contributed by atoms with Crippen molar-refractivity contribution in [1.29, 1.82) is 0 Å². The summed E-state index contributed by atoms with van der Waals surface area (Å²) in [7, 11) is 0. The third-order valence-electron chi connectivity index (χ3n) is 4.61. The zero-order valence-corrected chi connectivity index (χ0v) is 14.5. The Hall–Kier alpha value is -2.11. The van der Waals surface area contributed by atoms with E-state index < -0.39 is 17.7 Å². The first kappa shape index (κ1) is 16.7. The van der Waals surface area contributed by atoms with Crippen molar-refractivity contribution in [3.63, 3.8) is 0 Å². The molecule has 3 atom stereocenters. The number of piperazine rings is 1. The highest BCUT2D eigenvalue weighted by Gasteiger charge is 2.53. The molecule has 0 aromatic heterocycles. The van der Waals surface area contributed by atoms with Crippen LogP contribution in [-0.2, 0) is 9.53 Å². The SMILES string of the molecule is C[C@@H](c1ccc(F)cc1)N1C(=O)C2CC1CN2C(=O)OC(C)(C)C. The molecule has 2 aliphatic heterocycles. The average Bonchev–Trinajstić information content (AvgIpc) is 3.03. The summed E-state index contributed by atoms with van der Waals surface area (Å²) in [5.74, 6) is -0.356. The molecule has 130 valence electrons. The third-order valence-corrected chi connectivity index (χ3v) is 4.61. The molecule has 2 saturated heterocycles. The van der Waals surface area contributed by atoms with Gasteiger partial charge < -0.3 is 9.64 Å². The zero-order valence-electron chi connectivity index (χ0n) is 14.5. The van der Waals surface area contributed by atoms with Crippen LogP contribution in [0.4, 0.5) is 9.18 Å². The van der Waals surface area contributed by atoms with E-state index in [1.54, 1.807) is 12.1 Å². The molecule has 0 spiro atoms. The Balaban J connectivity index is 1.72. The number of likely N-dealkylation sites (tertiary alicyclic amines) is 2. The van der Waals surface area contributed by atoms with Gasteiger partial charge in [-0.3, -0.25) is 9.69 Å². The van der Waals surface area contributed by atoms with Crippen molar-refractivity contribution >= 4 is 12.0 Å². The van der Waals surface area contributed by atoms with Gasteiger partial charge in [-0.2, -0.15) is 0 Å². The van der Waals surface area contributed by atoms with Crippen molar-refractivity contribution in [2.24, 2.45) is 0 Å². The van der Waals surface area contributed by atoms with Crippen LogP contribution in [0.15, 0.2) is 24.3 Å². The number of halogens is 1. The molecule has 2 heterocycles. The summed E-state index contributed by atoms with van der Waals surface area (Å²) in [6.07, 6.45) is 0.196. The maximum absolute atomic E-state index is 13.1. The van der Waals surface area contributed by atoms with E-state index in [4.69, 9.17) is 4.74 Å². The third kappa shape index (κ3) is 2.97. The summed E-state index contributed by atoms with van der Waals surface area (Å²) >= 11 is 0. The van der Waals surface area contributed by atoms with Gasteiger partial charge in [0.1, 0.15) is 17.5 Å². The molecule has 0 N–H and O–H groups in total. The largest absolute Gasteiger partial charge is 0.444 e. The second kappa shape index (κ2) is 5.76. The molecule has 0 radical (unpaired) electrons. The van der Waals surface area contributed by atoms with E-state index in [1.807, 2.05) is 32.6 Å². The van der Waals surface area contributed by atoms with Crippen LogP contribution >= 0.6 is 0 Å². The van der Waals surface area contributed by atoms with Crippen molar-refractivity contribution in [3.8, 4) is 0 Å². The molecular formula is C18H23FN2O3. The van der Waals surface area contributed by atoms with Crippen molar-refractivity contribution in [3.05, 3.63) is 35.6 Å². The Labute approximate surface area is 141 Å². The van der Waals surface area contributed by atoms with E-state index >= 15 is 0 Å². The van der Waals surface area contributed by atoms with Crippen molar-refractivity contribution in [2.45, 2.75) is 57.8 Å². The lowest BCUT2D eigenvalue weighted by molar-refractivity contribution is -0.138. The maximum atomic E-state index is 13.1. The van der Waals surface area contributed by atoms with Gasteiger partial charge in [-0.05, 0) is 51.8 Å². The summed E-state index contributed by atoms with van der Waals surface area (Å²) < 4.78 is 18.5. The molecule has 2 amide bonds. The molecule has 2 unspecified atom stereocenters. The molecule has 1 aromatic rings. The smallest absolute Gasteiger partial charge is 0.411 e. The van der Waals surface area contributed by atoms with Crippen LogP contribution in [0.3, 0.4) is 0 Å². The molecular weight excluding hydrogens is 311 g/mol. The quantitative estimate of drug-likeness (QED) is 0.835. The van der Waals surface area contributed by atoms with Crippen LogP contribution in [0.5, 0.6) is 0 Å². The van der Waals surface area contributed by atoms with Crippen LogP contribution in [-0.4, -0.2) is 46.0 Å². The van der Waals surface area contributed by atoms with Gasteiger partial charge in [0.15, 0.2) is 0 Å². The second-order valence-corrected chi connectivity index (χ2v) is 7.51. The van der Waals surface area contributed by atoms with E-state index in [0.717, 1.165) is 5.56 Å². The predicted octanol–water partition coefficient (Wildman–Crippen LogP) is 3.11. The van der Waals surface area contributed by atoms with Crippen LogP contribution in [0, 0.1) is 5.82 Å². The summed E-state index contributed by atoms with van der Waals surface area (Å²) in [4.78, 5) is 28.4. The Kier molecular flexibility index (Phi) is 4.01. The summed E-state index contributed by atoms with van der Waals surface area (Å²) in [5, 5.41) is 0. The molecule has 24 heavy (non-hydrogen) atoms. The van der Waals surface area contributed by atoms with E-state index in [9.17, 15) is 14.0 Å². The van der Waals surface area contributed by atoms with Gasteiger partial charge >= 0.3 is 6.09 Å². The monoisotopic (exact) mass is 334 g/mol. The van der Waals surface area contributed by atoms with Gasteiger partial charge in [0.25, 0.3) is 0 Å². The first-order valence-corrected chi connectivity index (χ1v) is 8.24. The highest BCUT2D eigenvalue weighted by Crippen LogP contribution is 2.38. The minimum Gasteiger partial charge on any atom is -0.444 e. The fraction of sp³-hybridized carbons (Fsp3) is 0.556. The van der Waals surface area contributed by atoms with Gasteiger partial charge in [-0.1, -0.05) is 12.1 Å². The second-order valence-electron chi connectivity index (χ2n) is 7.51. The highest BCUT2D eigenvalue weighted by atomic mass is 19.1. The van der Waals surface area contributed by atoms with Gasteiger partial charge in [0, 0.05) is 6.54 Å². The number of carbonyl (C=O) groups excluding carboxylic acids is 2. The maximum Gasteiger partial charge on any atom is 0.411 e. The lowest BCUT2D eigenvalue weighted by Gasteiger charge is -2.38. The van der Waals surface area contributed by atoms with Crippen molar-refractivity contribution in [1.82, 2.24) is 9.80 Å². The molecule has 2 aliphatic rings. The minimum absolute atomic E-state index is 0.0185. The van der Waals surface area contributed by atoms with Crippen LogP contribution in [0.2, 0.25) is 0 Å². The summed E-state index contributed by atoms with van der Waals surface area (Å²) in [6.45, 7) is 7.85. The molecule has 2 bridgehead atoms. The topological polar surface area (TPSA) is 49.9 Å². The van der Waals surface area contributed by atoms with Crippen molar-refractivity contribution in [2.75, 3.05) is 6.54 Å². The Morgan fingerprint density at radius 2 is 1.92 bits per heavy atom. The van der Waals surface area contributed by atoms with Gasteiger partial charge in [-0.15, -0.1) is 0 Å². The number of carbonyl (C=O) groups is 2. The van der Waals surface area contributed by atoms with Crippen LogP contribution < -0.4 is 0 Å². The number of benzene rings is 1. The highest BCUT2D eigenvalue weighted by molar-refractivity contribution is 5.90. The van der Waals surface area contributed by atoms with Crippen molar-refractivity contribution < 1.29 is 18.7 Å². The van der Waals surface area contributed by atoms with Gasteiger partial charge in [-0.25, -0.2) is 9.18 Å². The first-order valence-electron chi connectivity index (χ1n) is 8.24. The minimum atomic E-state index is -0.580. The number of amides is 2. The molecule has 0 aliphatic carbocycles. The first-order chi connectivity index (χ1) is 11.2. The number of ether oxygens (including phenoxy) is 1. The molecule has 2 fully saturated rings. The molecule has 1 aromatic carbocycles. The van der Waals surface area contributed by atoms with E-state index in [0.29, 0.717) is 13.0 Å². The number of hydrogen-bond acceptors (Lipinski definition) is 3. The fourth-order valence-electron chi connectivity index (χ4n) is 3.53. The number of hydrogen-bond donors (Lipinski definition) is 0. The number of nitrogens with zero attached hydrogens (tertiary/aromatic N) is 2. The lowest BCUT2D eigenvalue weighted by atomic mass is 10.1. The molecule has 3 rings (SSSR count). The van der Waals surface area contributed by atoms with E-state index in [1.165, 1.54) is 17.0 Å². The fourth-order valence-corrected chi connectivity index (χ4v) is 3.53. The van der Waals surface area contributed by atoms with Gasteiger partial charge in [0.05, 0.1) is 12.1 Å². The molecule has 6 heteroatoms. The summed E-state index contributed by atoms with van der Waals surface area (Å²) in [5.41, 5.74) is 0.310. The van der Waals surface area contributed by atoms with E-state index in [2.05, 4.69) is 0 Å². The number of rotatable bonds is 2. The standard InChI is InChI=1S/C18H23FN2O3/c1-11(12-5-7-13(19)8-6-12)21-14-9-15(16(21)22)20(10-14)17(23)24-18(2,3)4/h5-8,11,14-15H,9-10H2,1-4H3/t11-,14?,15?/m0/s1. The van der Waals surface area contributed by atoms with Gasteiger partial charge in [0.2, 0.25) is 5.91 Å². The lowest BCUT2D eigenvalue weighted by Crippen LogP contribution is -2.53. The predicted molar refractivity (Wildman–Crippen MR) is 86.8 cm³/mol. The van der Waals surface area contributed by atoms with Crippen LogP contribution in [0.25, 0.3) is 0 Å². The van der Waals surface area contributed by atoms with E-state index in [-0.39, 0.29) is 23.8 Å². The average molecular weight is 334 g/mol. The Bertz CT molecular complexity index is 653. The molecule has 5 nitrogen and oxygen atoms in total. The van der Waals surface area contributed by atoms with Crippen LogP contribution in [0.1, 0.15) is 45.7 Å². The number of fused-ring (bicyclic) bond motifs is 2.